The average Bonchev–Trinajstić information content (AvgIpc) is 2.47. The fourth-order valence-electron chi connectivity index (χ4n) is 0.937. The van der Waals surface area contributed by atoms with Gasteiger partial charge in [-0.15, -0.1) is 9.52 Å². The minimum Gasteiger partial charge on any atom is -0.368 e. The van der Waals surface area contributed by atoms with Crippen LogP contribution in [0.3, 0.4) is 0 Å². The maximum atomic E-state index is 10.4. The van der Waals surface area contributed by atoms with Gasteiger partial charge in [-0.1, -0.05) is 4.73 Å². The van der Waals surface area contributed by atoms with Gasteiger partial charge in [0.15, 0.2) is 0 Å². The van der Waals surface area contributed by atoms with Gasteiger partial charge in [0, 0.05) is 4.57 Å². The Morgan fingerprint density at radius 3 is 3.07 bits per heavy atom. The van der Waals surface area contributed by atoms with Crippen molar-refractivity contribution < 1.29 is 14.1 Å². The highest BCUT2D eigenvalue weighted by Crippen LogP contribution is 2.14. The molecule has 3 N–H and O–H groups in total. The molecule has 0 fully saturated rings. The number of hydrogen-bond acceptors (Lipinski definition) is 6. The largest absolute Gasteiger partial charge is 0.768 e. The molecule has 0 aliphatic rings. The monoisotopic (exact) mass is 214 g/mol. The van der Waals surface area contributed by atoms with Crippen LogP contribution in [0, 0.1) is 0 Å². The molecule has 0 bridgehead atoms. The Labute approximate surface area is 78.3 Å². The molecule has 0 saturated carbocycles. The summed E-state index contributed by atoms with van der Waals surface area (Å²) in [4.78, 5) is 19.8. The van der Waals surface area contributed by atoms with Crippen molar-refractivity contribution in [2.45, 2.75) is 0 Å². The lowest BCUT2D eigenvalue weighted by Gasteiger charge is -1.92. The third-order valence-corrected chi connectivity index (χ3v) is 1.75. The molecule has 2 heterocycles. The second-order valence-corrected chi connectivity index (χ2v) is 2.97. The summed E-state index contributed by atoms with van der Waals surface area (Å²) in [6.45, 7) is 0. The highest BCUT2D eigenvalue weighted by Gasteiger charge is 2.17. The number of nitrogens with zero attached hydrogens (tertiary/aromatic N) is 4. The first kappa shape index (κ1) is 8.79. The summed E-state index contributed by atoms with van der Waals surface area (Å²) >= 11 is 0. The molecule has 14 heavy (non-hydrogen) atoms. The number of hydrogen-bond donors (Lipinski definition) is 2. The van der Waals surface area contributed by atoms with Crippen molar-refractivity contribution in [3.8, 4) is 0 Å². The maximum Gasteiger partial charge on any atom is 0.768 e. The molecule has 0 radical (unpaired) electrons. The molecule has 0 aliphatic heterocycles. The van der Waals surface area contributed by atoms with Crippen LogP contribution in [0.15, 0.2) is 12.5 Å². The highest BCUT2D eigenvalue weighted by molar-refractivity contribution is 7.32. The molecule has 1 unspecified atom stereocenters. The third kappa shape index (κ3) is 1.48. The minimum atomic E-state index is -2.76. The first-order valence-corrected chi connectivity index (χ1v) is 4.60. The SMILES string of the molecule is Nc1ncc2ncn(O[P+](=O)O)c2n1. The van der Waals surface area contributed by atoms with Crippen molar-refractivity contribution in [2.24, 2.45) is 0 Å². The minimum absolute atomic E-state index is 0.0380. The quantitative estimate of drug-likeness (QED) is 0.646. The van der Waals surface area contributed by atoms with Crippen molar-refractivity contribution >= 4 is 25.4 Å². The molecule has 2 aromatic heterocycles. The first-order valence-electron chi connectivity index (χ1n) is 3.47. The number of imidazole rings is 1. The molecule has 0 saturated heterocycles. The van der Waals surface area contributed by atoms with Gasteiger partial charge in [0.1, 0.15) is 11.8 Å². The Kier molecular flexibility index (Phi) is 1.99. The number of rotatable bonds is 2. The van der Waals surface area contributed by atoms with Gasteiger partial charge in [-0.2, -0.15) is 4.98 Å². The summed E-state index contributed by atoms with van der Waals surface area (Å²) in [5, 5.41) is 0. The van der Waals surface area contributed by atoms with Gasteiger partial charge in [0.2, 0.25) is 11.6 Å². The highest BCUT2D eigenvalue weighted by atomic mass is 31.1. The molecule has 0 spiro atoms. The van der Waals surface area contributed by atoms with Crippen LogP contribution >= 0.6 is 8.25 Å². The van der Waals surface area contributed by atoms with E-state index in [1.807, 2.05) is 0 Å². The second-order valence-electron chi connectivity index (χ2n) is 2.33. The van der Waals surface area contributed by atoms with Crippen LogP contribution in [0.1, 0.15) is 0 Å². The second kappa shape index (κ2) is 3.17. The van der Waals surface area contributed by atoms with E-state index in [9.17, 15) is 4.57 Å². The molecule has 8 nitrogen and oxygen atoms in total. The Hall–Kier alpha value is -1.79. The Bertz CT molecular complexity index is 497. The molecule has 1 atom stereocenters. The van der Waals surface area contributed by atoms with E-state index >= 15 is 0 Å². The van der Waals surface area contributed by atoms with Crippen molar-refractivity contribution in [1.82, 2.24) is 19.7 Å². The summed E-state index contributed by atoms with van der Waals surface area (Å²) in [7, 11) is -2.76. The molecular weight excluding hydrogens is 209 g/mol. The lowest BCUT2D eigenvalue weighted by atomic mass is 10.6. The Morgan fingerprint density at radius 2 is 2.36 bits per heavy atom. The predicted molar refractivity (Wildman–Crippen MR) is 46.1 cm³/mol. The zero-order chi connectivity index (χ0) is 10.1. The predicted octanol–water partition coefficient (Wildman–Crippen LogP) is -0.513. The number of nitrogen functional groups attached to an aromatic ring is 1. The topological polar surface area (TPSA) is 116 Å². The van der Waals surface area contributed by atoms with Crippen LogP contribution < -0.4 is 10.4 Å². The van der Waals surface area contributed by atoms with Crippen LogP contribution in [-0.4, -0.2) is 24.6 Å². The number of anilines is 1. The third-order valence-electron chi connectivity index (χ3n) is 1.44. The van der Waals surface area contributed by atoms with Crippen molar-refractivity contribution in [1.29, 1.82) is 0 Å². The fourth-order valence-corrected chi connectivity index (χ4v) is 1.21. The van der Waals surface area contributed by atoms with Crippen LogP contribution in [-0.2, 0) is 4.57 Å². The summed E-state index contributed by atoms with van der Waals surface area (Å²) in [6.07, 6.45) is 2.60. The lowest BCUT2D eigenvalue weighted by Crippen LogP contribution is -2.04. The fraction of sp³-hybridized carbons (Fsp3) is 0. The van der Waals surface area contributed by atoms with E-state index in [4.69, 9.17) is 10.6 Å². The van der Waals surface area contributed by atoms with Crippen molar-refractivity contribution in [3.05, 3.63) is 12.5 Å². The van der Waals surface area contributed by atoms with E-state index in [1.165, 1.54) is 12.5 Å². The van der Waals surface area contributed by atoms with Crippen molar-refractivity contribution in [3.63, 3.8) is 0 Å². The van der Waals surface area contributed by atoms with E-state index in [2.05, 4.69) is 19.6 Å². The van der Waals surface area contributed by atoms with Gasteiger partial charge in [0.25, 0.3) is 0 Å². The van der Waals surface area contributed by atoms with Gasteiger partial charge >= 0.3 is 8.25 Å². The first-order chi connectivity index (χ1) is 6.66. The number of fused-ring (bicyclic) bond motifs is 1. The standard InChI is InChI=1S/C5H4N5O3P/c6-5-7-1-3-4(9-5)10(2-8-3)13-14(11)12/h1-2H,(H2-,6,7,9,11,12)/p+1. The molecule has 0 amide bonds. The molecule has 0 aliphatic carbocycles. The maximum absolute atomic E-state index is 10.4. The normalized spacial score (nSPS) is 11.6. The van der Waals surface area contributed by atoms with Crippen LogP contribution in [0.4, 0.5) is 5.95 Å². The van der Waals surface area contributed by atoms with E-state index in [0.717, 1.165) is 4.73 Å². The van der Waals surface area contributed by atoms with Gasteiger partial charge in [-0.05, 0) is 0 Å². The summed E-state index contributed by atoms with van der Waals surface area (Å²) in [6, 6.07) is 0. The van der Waals surface area contributed by atoms with Crippen LogP contribution in [0.5, 0.6) is 0 Å². The molecular formula is C5H5N5O3P+. The van der Waals surface area contributed by atoms with Gasteiger partial charge in [-0.3, -0.25) is 0 Å². The van der Waals surface area contributed by atoms with Gasteiger partial charge in [0.05, 0.1) is 6.20 Å². The van der Waals surface area contributed by atoms with Crippen molar-refractivity contribution in [2.75, 3.05) is 5.73 Å². The zero-order valence-electron chi connectivity index (χ0n) is 6.73. The number of aromatic nitrogens is 4. The van der Waals surface area contributed by atoms with Crippen LogP contribution in [0.25, 0.3) is 11.2 Å². The molecule has 72 valence electrons. The summed E-state index contributed by atoms with van der Waals surface area (Å²) < 4.78 is 15.9. The molecule has 9 heteroatoms. The molecule has 2 aromatic rings. The molecule has 0 aromatic carbocycles. The smallest absolute Gasteiger partial charge is 0.368 e. The summed E-state index contributed by atoms with van der Waals surface area (Å²) in [5.41, 5.74) is 6.00. The lowest BCUT2D eigenvalue weighted by molar-refractivity contribution is 0.258. The Morgan fingerprint density at radius 1 is 1.57 bits per heavy atom. The van der Waals surface area contributed by atoms with Crippen LogP contribution in [0.2, 0.25) is 0 Å². The van der Waals surface area contributed by atoms with E-state index < -0.39 is 8.25 Å². The van der Waals surface area contributed by atoms with Gasteiger partial charge in [-0.25, -0.2) is 9.97 Å². The van der Waals surface area contributed by atoms with E-state index in [1.54, 1.807) is 0 Å². The molecule has 2 rings (SSSR count). The summed E-state index contributed by atoms with van der Waals surface area (Å²) in [5.74, 6) is 0.0380. The van der Waals surface area contributed by atoms with E-state index in [-0.39, 0.29) is 11.6 Å². The van der Waals surface area contributed by atoms with E-state index in [0.29, 0.717) is 5.52 Å². The zero-order valence-corrected chi connectivity index (χ0v) is 7.63. The average molecular weight is 214 g/mol. The number of nitrogens with two attached hydrogens (primary N) is 1. The Balaban J connectivity index is 2.55. The van der Waals surface area contributed by atoms with Gasteiger partial charge < -0.3 is 5.73 Å².